The van der Waals surface area contributed by atoms with E-state index in [2.05, 4.69) is 10.3 Å². The third kappa shape index (κ3) is 3.83. The predicted molar refractivity (Wildman–Crippen MR) is 77.8 cm³/mol. The van der Waals surface area contributed by atoms with Gasteiger partial charge in [0, 0.05) is 17.9 Å². The van der Waals surface area contributed by atoms with Gasteiger partial charge in [-0.3, -0.25) is 10.1 Å². The molecule has 1 fully saturated rings. The summed E-state index contributed by atoms with van der Waals surface area (Å²) in [6.45, 7) is 2.75. The smallest absolute Gasteiger partial charge is 0.301 e. The van der Waals surface area contributed by atoms with Crippen molar-refractivity contribution in [3.8, 4) is 0 Å². The molecule has 0 atom stereocenters. The highest BCUT2D eigenvalue weighted by atomic mass is 32.2. The molecule has 6 heteroatoms. The first-order valence-corrected chi connectivity index (χ1v) is 7.64. The van der Waals surface area contributed by atoms with E-state index in [0.29, 0.717) is 16.1 Å². The van der Waals surface area contributed by atoms with Gasteiger partial charge in [0.05, 0.1) is 4.92 Å². The van der Waals surface area contributed by atoms with Gasteiger partial charge < -0.3 is 5.32 Å². The molecule has 1 aromatic rings. The molecule has 1 aromatic heterocycles. The summed E-state index contributed by atoms with van der Waals surface area (Å²) in [5.74, 6) is 0.714. The van der Waals surface area contributed by atoms with Crippen LogP contribution in [0.5, 0.6) is 0 Å². The number of hydrogen-bond acceptors (Lipinski definition) is 5. The summed E-state index contributed by atoms with van der Waals surface area (Å²) < 4.78 is 0. The summed E-state index contributed by atoms with van der Waals surface area (Å²) in [6, 6.07) is 3.22. The largest absolute Gasteiger partial charge is 0.370 e. The van der Waals surface area contributed by atoms with E-state index in [1.165, 1.54) is 19.3 Å². The van der Waals surface area contributed by atoms with Crippen LogP contribution in [0.4, 0.5) is 11.5 Å². The third-order valence-corrected chi connectivity index (χ3v) is 4.55. The second-order valence-corrected chi connectivity index (χ2v) is 5.98. The van der Waals surface area contributed by atoms with Crippen LogP contribution >= 0.6 is 11.8 Å². The first-order chi connectivity index (χ1) is 9.20. The summed E-state index contributed by atoms with van der Waals surface area (Å²) in [6.07, 6.45) is 5.99. The van der Waals surface area contributed by atoms with E-state index in [1.807, 2.05) is 6.92 Å². The van der Waals surface area contributed by atoms with Crippen molar-refractivity contribution in [3.05, 3.63) is 22.2 Å². The topological polar surface area (TPSA) is 68.1 Å². The molecule has 0 aromatic carbocycles. The molecule has 1 aliphatic rings. The molecule has 19 heavy (non-hydrogen) atoms. The number of aromatic nitrogens is 1. The lowest BCUT2D eigenvalue weighted by Gasteiger charge is -2.20. The summed E-state index contributed by atoms with van der Waals surface area (Å²) in [4.78, 5) is 15.1. The van der Waals surface area contributed by atoms with Crippen LogP contribution in [0, 0.1) is 10.1 Å². The van der Waals surface area contributed by atoms with E-state index in [9.17, 15) is 10.1 Å². The van der Waals surface area contributed by atoms with Gasteiger partial charge in [-0.2, -0.15) is 0 Å². The van der Waals surface area contributed by atoms with E-state index < -0.39 is 0 Å². The molecule has 2 rings (SSSR count). The molecule has 0 aliphatic heterocycles. The molecule has 0 unspecified atom stereocenters. The van der Waals surface area contributed by atoms with Crippen molar-refractivity contribution in [2.75, 3.05) is 11.9 Å². The fourth-order valence-electron chi connectivity index (χ4n) is 2.28. The lowest BCUT2D eigenvalue weighted by atomic mass is 10.0. The van der Waals surface area contributed by atoms with E-state index in [-0.39, 0.29) is 10.6 Å². The second-order valence-electron chi connectivity index (χ2n) is 4.69. The van der Waals surface area contributed by atoms with Gasteiger partial charge in [-0.1, -0.05) is 31.0 Å². The Labute approximate surface area is 117 Å². The summed E-state index contributed by atoms with van der Waals surface area (Å²) in [7, 11) is 0. The highest BCUT2D eigenvalue weighted by molar-refractivity contribution is 8.00. The van der Waals surface area contributed by atoms with Crippen LogP contribution in [0.15, 0.2) is 17.2 Å². The molecular weight excluding hydrogens is 262 g/mol. The summed E-state index contributed by atoms with van der Waals surface area (Å²) in [5, 5.41) is 15.2. The standard InChI is InChI=1S/C13H19N3O2S/c1-2-14-12-9-8-11(16(17)18)13(15-12)19-10-6-4-3-5-7-10/h8-10H,2-7H2,1H3,(H,14,15). The lowest BCUT2D eigenvalue weighted by molar-refractivity contribution is -0.388. The Balaban J connectivity index is 2.18. The van der Waals surface area contributed by atoms with Crippen molar-refractivity contribution in [2.45, 2.75) is 49.3 Å². The molecular formula is C13H19N3O2S. The number of hydrogen-bond donors (Lipinski definition) is 1. The van der Waals surface area contributed by atoms with E-state index >= 15 is 0 Å². The first-order valence-electron chi connectivity index (χ1n) is 6.76. The number of pyridine rings is 1. The fourth-order valence-corrected chi connectivity index (χ4v) is 3.58. The van der Waals surface area contributed by atoms with Gasteiger partial charge in [0.2, 0.25) is 0 Å². The maximum absolute atomic E-state index is 11.1. The lowest BCUT2D eigenvalue weighted by Crippen LogP contribution is -2.09. The molecule has 1 saturated carbocycles. The number of nitrogens with zero attached hydrogens (tertiary/aromatic N) is 2. The van der Waals surface area contributed by atoms with Gasteiger partial charge in [0.1, 0.15) is 5.82 Å². The highest BCUT2D eigenvalue weighted by Gasteiger charge is 2.22. The SMILES string of the molecule is CCNc1ccc([N+](=O)[O-])c(SC2CCCCC2)n1. The molecule has 0 saturated heterocycles. The Bertz CT molecular complexity index is 448. The second kappa shape index (κ2) is 6.75. The molecule has 0 amide bonds. The molecule has 0 bridgehead atoms. The Morgan fingerprint density at radius 2 is 2.16 bits per heavy atom. The summed E-state index contributed by atoms with van der Waals surface area (Å²) >= 11 is 1.57. The van der Waals surface area contributed by atoms with Crippen molar-refractivity contribution in [2.24, 2.45) is 0 Å². The molecule has 1 heterocycles. The highest BCUT2D eigenvalue weighted by Crippen LogP contribution is 2.37. The molecule has 1 aliphatic carbocycles. The Hall–Kier alpha value is -1.30. The quantitative estimate of drug-likeness (QED) is 0.656. The van der Waals surface area contributed by atoms with Crippen LogP contribution in [-0.4, -0.2) is 21.7 Å². The maximum Gasteiger partial charge on any atom is 0.301 e. The number of rotatable bonds is 5. The van der Waals surface area contributed by atoms with Crippen LogP contribution in [0.25, 0.3) is 0 Å². The van der Waals surface area contributed by atoms with Gasteiger partial charge in [0.25, 0.3) is 0 Å². The van der Waals surface area contributed by atoms with Crippen molar-refractivity contribution in [3.63, 3.8) is 0 Å². The predicted octanol–water partition coefficient (Wildman–Crippen LogP) is 3.85. The van der Waals surface area contributed by atoms with Crippen LogP contribution in [-0.2, 0) is 0 Å². The van der Waals surface area contributed by atoms with Gasteiger partial charge in [0.15, 0.2) is 5.03 Å². The number of thioether (sulfide) groups is 1. The number of anilines is 1. The van der Waals surface area contributed by atoms with Gasteiger partial charge in [-0.25, -0.2) is 4.98 Å². The Morgan fingerprint density at radius 1 is 1.42 bits per heavy atom. The molecule has 0 radical (unpaired) electrons. The van der Waals surface area contributed by atoms with E-state index in [4.69, 9.17) is 0 Å². The van der Waals surface area contributed by atoms with E-state index in [1.54, 1.807) is 23.9 Å². The molecule has 5 nitrogen and oxygen atoms in total. The molecule has 0 spiro atoms. The minimum Gasteiger partial charge on any atom is -0.370 e. The van der Waals surface area contributed by atoms with E-state index in [0.717, 1.165) is 19.4 Å². The number of nitrogens with one attached hydrogen (secondary N) is 1. The zero-order valence-corrected chi connectivity index (χ0v) is 11.9. The van der Waals surface area contributed by atoms with Gasteiger partial charge in [-0.15, -0.1) is 0 Å². The average molecular weight is 281 g/mol. The van der Waals surface area contributed by atoms with Crippen molar-refractivity contribution < 1.29 is 4.92 Å². The van der Waals surface area contributed by atoms with Crippen molar-refractivity contribution in [1.29, 1.82) is 0 Å². The van der Waals surface area contributed by atoms with Gasteiger partial charge in [-0.05, 0) is 25.8 Å². The van der Waals surface area contributed by atoms with Crippen LogP contribution in [0.3, 0.4) is 0 Å². The fraction of sp³-hybridized carbons (Fsp3) is 0.615. The van der Waals surface area contributed by atoms with Crippen molar-refractivity contribution in [1.82, 2.24) is 4.98 Å². The zero-order chi connectivity index (χ0) is 13.7. The molecule has 1 N–H and O–H groups in total. The Kier molecular flexibility index (Phi) is 5.01. The molecule has 104 valence electrons. The monoisotopic (exact) mass is 281 g/mol. The first kappa shape index (κ1) is 14.1. The zero-order valence-electron chi connectivity index (χ0n) is 11.1. The minimum atomic E-state index is -0.339. The Morgan fingerprint density at radius 3 is 2.79 bits per heavy atom. The van der Waals surface area contributed by atoms with Gasteiger partial charge >= 0.3 is 5.69 Å². The maximum atomic E-state index is 11.1. The average Bonchev–Trinajstić information content (AvgIpc) is 2.40. The van der Waals surface area contributed by atoms with Crippen LogP contribution < -0.4 is 5.32 Å². The van der Waals surface area contributed by atoms with Crippen LogP contribution in [0.2, 0.25) is 0 Å². The normalized spacial score (nSPS) is 16.3. The van der Waals surface area contributed by atoms with Crippen LogP contribution in [0.1, 0.15) is 39.0 Å². The minimum absolute atomic E-state index is 0.122. The van der Waals surface area contributed by atoms with Crippen molar-refractivity contribution >= 4 is 23.3 Å². The third-order valence-electron chi connectivity index (χ3n) is 3.23. The summed E-state index contributed by atoms with van der Waals surface area (Å²) in [5.41, 5.74) is 0.122. The number of nitro groups is 1.